The van der Waals surface area contributed by atoms with E-state index in [0.717, 1.165) is 153 Å². The van der Waals surface area contributed by atoms with Gasteiger partial charge < -0.3 is 35.0 Å². The number of fused-ring (bicyclic) bond motifs is 3. The van der Waals surface area contributed by atoms with E-state index in [1.54, 1.807) is 128 Å². The number of hydrogen-bond acceptors (Lipinski definition) is 17. The molecule has 0 radical (unpaired) electrons. The second kappa shape index (κ2) is 37.8. The number of carbonyl (C=O) groups excluding carboxylic acids is 5. The van der Waals surface area contributed by atoms with Crippen LogP contribution in [0.5, 0.6) is 5.75 Å². The topological polar surface area (TPSA) is 247 Å². The molecule has 4 aliphatic rings. The van der Waals surface area contributed by atoms with Gasteiger partial charge in [0.25, 0.3) is 0 Å². The smallest absolute Gasteiger partial charge is 0.246 e. The van der Waals surface area contributed by atoms with Crippen LogP contribution in [0.1, 0.15) is 128 Å². The maximum Gasteiger partial charge on any atom is 0.246 e. The van der Waals surface area contributed by atoms with E-state index in [2.05, 4.69) is 56.1 Å². The molecular weight excluding hydrogens is 1560 g/mol. The highest BCUT2D eigenvalue weighted by Crippen LogP contribution is 2.34. The van der Waals surface area contributed by atoms with Crippen LogP contribution in [-0.2, 0) is 115 Å². The van der Waals surface area contributed by atoms with Crippen molar-refractivity contribution in [1.82, 2.24) is 73.7 Å². The van der Waals surface area contributed by atoms with E-state index in [4.69, 9.17) is 10.5 Å². The molecule has 0 bridgehead atoms. The lowest BCUT2D eigenvalue weighted by Gasteiger charge is -2.34. The summed E-state index contributed by atoms with van der Waals surface area (Å²) >= 11 is 4.84. The van der Waals surface area contributed by atoms with E-state index in [1.807, 2.05) is 84.0 Å². The van der Waals surface area contributed by atoms with Gasteiger partial charge in [0.1, 0.15) is 61.7 Å². The minimum atomic E-state index is -0.274. The first-order valence-electron chi connectivity index (χ1n) is 39.8. The van der Waals surface area contributed by atoms with Gasteiger partial charge in [-0.2, -0.15) is 20.4 Å². The summed E-state index contributed by atoms with van der Waals surface area (Å²) in [6.45, 7) is 22.8. The van der Waals surface area contributed by atoms with Crippen LogP contribution < -0.4 is 15.4 Å². The third-order valence-electron chi connectivity index (χ3n) is 21.1. The van der Waals surface area contributed by atoms with E-state index in [0.29, 0.717) is 85.6 Å². The standard InChI is InChI=1S/C26H29FN4O3.C22H26FN5OS.C21H23FN4OS.C19H19FN4OS/c1-4-6-21-15-24(19-9-10-23(27)18(2)13-19)28-31(21)17-25(32)29-11-12-30(26(33)16-29)20-7-5-8-22(14-20)34-3;1-3-4-16-12-19(15-5-6-17(23)14(2)11-15)26-28(16)13-21(29)27-9-7-18-20(8-10-27)30-22(24)25-18;1-4-5-16-9-18(15-6-7-17(22)13(2)8-15)24-26(16)12-21(27)25-10-19-20(11-25)28-14(3)23-19;1-3-15-8-16(13-4-6-14(20)7-5-13)22-24(15)11-19(25)23-9-17-18(10-23)26-12(2)21-17/h5,7-10,13-15H,4,6,11-12,16-17H2,1-3H3;5-6,11-12H,3-4,7-10,13H2,1-2H3,(H2,24,25);6-9H,4-5,10-12H2,1-3H3;4-8H,3,9-11H2,1-2H3. The lowest BCUT2D eigenvalue weighted by atomic mass is 10.1. The molecule has 16 rings (SSSR count). The van der Waals surface area contributed by atoms with Crippen molar-refractivity contribution in [1.29, 1.82) is 0 Å². The van der Waals surface area contributed by atoms with Gasteiger partial charge in [-0.15, -0.1) is 34.0 Å². The molecule has 616 valence electrons. The van der Waals surface area contributed by atoms with Gasteiger partial charge in [-0.1, -0.05) is 53.0 Å². The Bertz CT molecular complexity index is 5570. The zero-order chi connectivity index (χ0) is 83.6. The number of ether oxygens (including phenoxy) is 1. The number of nitrogen functional groups attached to an aromatic ring is 1. The van der Waals surface area contributed by atoms with Crippen molar-refractivity contribution in [2.45, 2.75) is 172 Å². The number of nitrogens with two attached hydrogens (primary N) is 1. The minimum absolute atomic E-state index is 0.0183. The van der Waals surface area contributed by atoms with E-state index < -0.39 is 0 Å². The van der Waals surface area contributed by atoms with Crippen LogP contribution in [0.2, 0.25) is 0 Å². The first-order valence-corrected chi connectivity index (χ1v) is 42.3. The molecule has 1 fully saturated rings. The van der Waals surface area contributed by atoms with E-state index in [1.165, 1.54) is 56.3 Å². The van der Waals surface area contributed by atoms with Crippen molar-refractivity contribution in [3.8, 4) is 50.8 Å². The zero-order valence-corrected chi connectivity index (χ0v) is 70.5. The van der Waals surface area contributed by atoms with Gasteiger partial charge in [-0.25, -0.2) is 32.5 Å². The fourth-order valence-corrected chi connectivity index (χ4v) is 17.6. The van der Waals surface area contributed by atoms with Crippen molar-refractivity contribution < 1.29 is 46.3 Å². The van der Waals surface area contributed by atoms with Gasteiger partial charge in [-0.3, -0.25) is 42.7 Å². The van der Waals surface area contributed by atoms with Crippen molar-refractivity contribution in [3.05, 3.63) is 232 Å². The molecule has 12 aromatic rings. The molecule has 0 atom stereocenters. The van der Waals surface area contributed by atoms with Gasteiger partial charge in [-0.05, 0) is 192 Å². The summed E-state index contributed by atoms with van der Waals surface area (Å²) in [6.07, 6.45) is 7.56. The van der Waals surface area contributed by atoms with Crippen LogP contribution in [0.3, 0.4) is 0 Å². The number of amides is 5. The average molecular weight is 1660 g/mol. The number of aromatic nitrogens is 11. The van der Waals surface area contributed by atoms with Gasteiger partial charge in [0.2, 0.25) is 29.5 Å². The van der Waals surface area contributed by atoms with Gasteiger partial charge >= 0.3 is 0 Å². The van der Waals surface area contributed by atoms with Crippen LogP contribution in [0, 0.1) is 57.9 Å². The lowest BCUT2D eigenvalue weighted by molar-refractivity contribution is -0.137. The van der Waals surface area contributed by atoms with E-state index >= 15 is 0 Å². The largest absolute Gasteiger partial charge is 0.497 e. The number of anilines is 2. The van der Waals surface area contributed by atoms with Crippen molar-refractivity contribution in [2.75, 3.05) is 50.5 Å². The second-order valence-electron chi connectivity index (χ2n) is 29.8. The van der Waals surface area contributed by atoms with Crippen molar-refractivity contribution >= 4 is 74.4 Å². The molecule has 4 aliphatic heterocycles. The highest BCUT2D eigenvalue weighted by atomic mass is 32.1. The third kappa shape index (κ3) is 20.2. The Morgan fingerprint density at radius 3 is 1.29 bits per heavy atom. The average Bonchev–Trinajstić information content (AvgIpc) is 1.74. The maximum atomic E-state index is 13.7. The number of thiazole rings is 3. The number of aryl methyl sites for hydroxylation is 9. The lowest BCUT2D eigenvalue weighted by Crippen LogP contribution is -2.53. The van der Waals surface area contributed by atoms with Crippen molar-refractivity contribution in [3.63, 3.8) is 0 Å². The molecule has 30 heteroatoms. The molecule has 2 N–H and O–H groups in total. The Morgan fingerprint density at radius 1 is 0.432 bits per heavy atom. The fourth-order valence-electron chi connectivity index (χ4n) is 14.8. The molecule has 7 aromatic heterocycles. The molecule has 0 spiro atoms. The van der Waals surface area contributed by atoms with Crippen LogP contribution in [0.15, 0.2) is 127 Å². The Labute approximate surface area is 695 Å². The number of methoxy groups -OCH3 is 1. The summed E-state index contributed by atoms with van der Waals surface area (Å²) in [6, 6.07) is 36.4. The van der Waals surface area contributed by atoms with Gasteiger partial charge in [0, 0.05) is 110 Å². The Kier molecular flexibility index (Phi) is 27.1. The molecule has 23 nitrogen and oxygen atoms in total. The summed E-state index contributed by atoms with van der Waals surface area (Å²) in [5.74, 6) is -0.453. The molecule has 5 aromatic carbocycles. The number of piperazine rings is 1. The number of carbonyl (C=O) groups is 5. The highest BCUT2D eigenvalue weighted by molar-refractivity contribution is 7.15. The van der Waals surface area contributed by atoms with Gasteiger partial charge in [0.05, 0.1) is 83.2 Å². The number of rotatable bonds is 21. The molecule has 5 amide bonds. The molecule has 0 unspecified atom stereocenters. The molecular formula is C88H97F4N17O6S3. The number of nitrogens with zero attached hydrogens (tertiary/aromatic N) is 16. The number of benzene rings is 5. The Morgan fingerprint density at radius 2 is 0.856 bits per heavy atom. The monoisotopic (exact) mass is 1660 g/mol. The predicted molar refractivity (Wildman–Crippen MR) is 451 cm³/mol. The van der Waals surface area contributed by atoms with E-state index in [-0.39, 0.29) is 85.5 Å². The molecule has 11 heterocycles. The number of hydrogen-bond donors (Lipinski definition) is 1. The zero-order valence-electron chi connectivity index (χ0n) is 68.1. The fraction of sp³-hybridized carbons (Fsp3) is 0.364. The molecule has 118 heavy (non-hydrogen) atoms. The van der Waals surface area contributed by atoms with Crippen LogP contribution in [0.4, 0.5) is 28.4 Å². The normalized spacial score (nSPS) is 13.6. The highest BCUT2D eigenvalue weighted by Gasteiger charge is 2.32. The summed E-state index contributed by atoms with van der Waals surface area (Å²) < 4.78 is 66.4. The quantitative estimate of drug-likeness (QED) is 0.0658. The van der Waals surface area contributed by atoms with Gasteiger partial charge in [0.15, 0.2) is 5.13 Å². The van der Waals surface area contributed by atoms with Crippen LogP contribution in [-0.4, -0.2) is 143 Å². The Balaban J connectivity index is 0.000000137. The van der Waals surface area contributed by atoms with Crippen molar-refractivity contribution in [2.24, 2.45) is 0 Å². The summed E-state index contributed by atoms with van der Waals surface area (Å²) in [7, 11) is 1.59. The summed E-state index contributed by atoms with van der Waals surface area (Å²) in [4.78, 5) is 90.3. The predicted octanol–water partition coefficient (Wildman–Crippen LogP) is 15.3. The first-order chi connectivity index (χ1) is 56.8. The molecule has 0 saturated carbocycles. The van der Waals surface area contributed by atoms with E-state index in [9.17, 15) is 41.5 Å². The SMILES string of the molecule is CCCc1cc(-c2ccc(F)c(C)c2)nn1CC(=O)N1CCN(c2cccc(OC)c2)C(=O)C1.CCCc1cc(-c2ccc(F)c(C)c2)nn1CC(=O)N1CCc2nc(N)sc2CC1.CCCc1cc(-c2ccc(F)c(C)c2)nn1CC(=O)N1Cc2nc(C)sc2C1.CCc1cc(-c2ccc(F)cc2)nn1CC(=O)N1Cc2nc(C)sc2C1. The number of halogens is 4. The van der Waals surface area contributed by atoms with Crippen LogP contribution >= 0.6 is 34.0 Å². The summed E-state index contributed by atoms with van der Waals surface area (Å²) in [5, 5.41) is 21.3. The minimum Gasteiger partial charge on any atom is -0.497 e. The second-order valence-corrected chi connectivity index (χ2v) is 33.5. The molecule has 1 saturated heterocycles. The van der Waals surface area contributed by atoms with Crippen LogP contribution in [0.25, 0.3) is 45.0 Å². The first kappa shape index (κ1) is 84.4. The Hall–Kier alpha value is -11.5. The molecule has 0 aliphatic carbocycles. The summed E-state index contributed by atoms with van der Waals surface area (Å²) in [5.41, 5.74) is 21.7. The third-order valence-corrected chi connectivity index (χ3v) is 24.1. The maximum absolute atomic E-state index is 13.7.